The molecular formula is C22H30N2O7. The van der Waals surface area contributed by atoms with Gasteiger partial charge < -0.3 is 24.2 Å². The van der Waals surface area contributed by atoms with Crippen molar-refractivity contribution in [2.45, 2.75) is 39.7 Å². The number of carbonyl (C=O) groups excluding carboxylic acids is 2. The fourth-order valence-electron chi connectivity index (χ4n) is 3.77. The van der Waals surface area contributed by atoms with Crippen LogP contribution in [0.3, 0.4) is 0 Å². The lowest BCUT2D eigenvalue weighted by molar-refractivity contribution is -0.144. The van der Waals surface area contributed by atoms with Crippen molar-refractivity contribution in [2.75, 3.05) is 39.5 Å². The highest BCUT2D eigenvalue weighted by Crippen LogP contribution is 2.41. The molecule has 3 rings (SSSR count). The monoisotopic (exact) mass is 434 g/mol. The number of phenols is 1. The quantitative estimate of drug-likeness (QED) is 0.340. The SMILES string of the molecule is C/C(=C\Cc1c(O)c2c(c(C)c1ON)COC2=O)CCC(=O)OCCN1CCOCC1. The van der Waals surface area contributed by atoms with Crippen LogP contribution in [0.5, 0.6) is 11.5 Å². The van der Waals surface area contributed by atoms with Crippen molar-refractivity contribution in [2.24, 2.45) is 5.90 Å². The molecule has 1 fully saturated rings. The summed E-state index contributed by atoms with van der Waals surface area (Å²) in [6.45, 7) is 8.01. The van der Waals surface area contributed by atoms with Crippen molar-refractivity contribution in [3.05, 3.63) is 33.9 Å². The molecule has 3 N–H and O–H groups in total. The van der Waals surface area contributed by atoms with Gasteiger partial charge in [0.2, 0.25) is 0 Å². The summed E-state index contributed by atoms with van der Waals surface area (Å²) in [5.41, 5.74) is 2.81. The third-order valence-corrected chi connectivity index (χ3v) is 5.71. The molecule has 0 unspecified atom stereocenters. The summed E-state index contributed by atoms with van der Waals surface area (Å²) >= 11 is 0. The topological polar surface area (TPSA) is 121 Å². The number of rotatable bonds is 9. The largest absolute Gasteiger partial charge is 0.507 e. The van der Waals surface area contributed by atoms with E-state index in [1.165, 1.54) is 0 Å². The van der Waals surface area contributed by atoms with E-state index in [4.69, 9.17) is 24.9 Å². The van der Waals surface area contributed by atoms with Crippen molar-refractivity contribution in [1.29, 1.82) is 0 Å². The van der Waals surface area contributed by atoms with Crippen molar-refractivity contribution >= 4 is 11.9 Å². The van der Waals surface area contributed by atoms with E-state index >= 15 is 0 Å². The van der Waals surface area contributed by atoms with Gasteiger partial charge >= 0.3 is 11.9 Å². The van der Waals surface area contributed by atoms with Crippen molar-refractivity contribution in [1.82, 2.24) is 4.90 Å². The van der Waals surface area contributed by atoms with Crippen LogP contribution in [-0.2, 0) is 32.0 Å². The maximum absolute atomic E-state index is 12.0. The van der Waals surface area contributed by atoms with Crippen LogP contribution in [-0.4, -0.2) is 61.4 Å². The first-order valence-electron chi connectivity index (χ1n) is 10.4. The number of carbonyl (C=O) groups is 2. The van der Waals surface area contributed by atoms with Crippen molar-refractivity contribution in [3.8, 4) is 11.5 Å². The first-order valence-corrected chi connectivity index (χ1v) is 10.4. The average Bonchev–Trinajstić information content (AvgIpc) is 3.16. The number of aromatic hydroxyl groups is 1. The Labute approximate surface area is 181 Å². The molecule has 9 heteroatoms. The number of hydrogen-bond acceptors (Lipinski definition) is 9. The Hall–Kier alpha value is -2.62. The molecule has 1 saturated heterocycles. The highest BCUT2D eigenvalue weighted by molar-refractivity contribution is 5.98. The van der Waals surface area contributed by atoms with Crippen LogP contribution in [0, 0.1) is 6.92 Å². The van der Waals surface area contributed by atoms with Gasteiger partial charge in [0.15, 0.2) is 5.75 Å². The van der Waals surface area contributed by atoms with E-state index in [2.05, 4.69) is 4.90 Å². The molecule has 2 aliphatic rings. The molecule has 1 aromatic rings. The van der Waals surface area contributed by atoms with E-state index in [0.717, 1.165) is 31.9 Å². The molecule has 2 aliphatic heterocycles. The van der Waals surface area contributed by atoms with Crippen molar-refractivity contribution in [3.63, 3.8) is 0 Å². The van der Waals surface area contributed by atoms with Crippen LogP contribution in [0.1, 0.15) is 46.8 Å². The molecule has 0 atom stereocenters. The zero-order chi connectivity index (χ0) is 22.4. The second-order valence-corrected chi connectivity index (χ2v) is 7.76. The maximum Gasteiger partial charge on any atom is 0.342 e. The van der Waals surface area contributed by atoms with E-state index in [1.54, 1.807) is 6.92 Å². The number of allylic oxidation sites excluding steroid dienone is 2. The van der Waals surface area contributed by atoms with Gasteiger partial charge in [0, 0.05) is 42.7 Å². The lowest BCUT2D eigenvalue weighted by Crippen LogP contribution is -2.38. The van der Waals surface area contributed by atoms with Gasteiger partial charge in [-0.1, -0.05) is 11.6 Å². The van der Waals surface area contributed by atoms with Gasteiger partial charge in [0.05, 0.1) is 13.2 Å². The average molecular weight is 434 g/mol. The Morgan fingerprint density at radius 2 is 2.03 bits per heavy atom. The Kier molecular flexibility index (Phi) is 7.89. The summed E-state index contributed by atoms with van der Waals surface area (Å²) in [4.78, 5) is 31.2. The molecule has 0 saturated carbocycles. The first kappa shape index (κ1) is 23.1. The van der Waals surface area contributed by atoms with Crippen LogP contribution < -0.4 is 10.7 Å². The second-order valence-electron chi connectivity index (χ2n) is 7.76. The van der Waals surface area contributed by atoms with E-state index in [1.807, 2.05) is 13.0 Å². The van der Waals surface area contributed by atoms with Gasteiger partial charge in [-0.3, -0.25) is 9.69 Å². The van der Waals surface area contributed by atoms with Gasteiger partial charge in [-0.15, -0.1) is 0 Å². The molecule has 1 aromatic carbocycles. The molecule has 0 bridgehead atoms. The molecular weight excluding hydrogens is 404 g/mol. The third kappa shape index (κ3) is 5.55. The number of fused-ring (bicyclic) bond motifs is 1. The fourth-order valence-corrected chi connectivity index (χ4v) is 3.77. The Bertz CT molecular complexity index is 860. The predicted octanol–water partition coefficient (Wildman–Crippen LogP) is 1.77. The minimum absolute atomic E-state index is 0.0900. The van der Waals surface area contributed by atoms with Crippen molar-refractivity contribution < 1.29 is 33.7 Å². The number of ether oxygens (including phenoxy) is 3. The molecule has 0 amide bonds. The Morgan fingerprint density at radius 3 is 2.74 bits per heavy atom. The molecule has 0 spiro atoms. The van der Waals surface area contributed by atoms with Crippen LogP contribution in [0.15, 0.2) is 11.6 Å². The fraction of sp³-hybridized carbons (Fsp3) is 0.545. The minimum Gasteiger partial charge on any atom is -0.507 e. The second kappa shape index (κ2) is 10.6. The third-order valence-electron chi connectivity index (χ3n) is 5.71. The molecule has 2 heterocycles. The summed E-state index contributed by atoms with van der Waals surface area (Å²) in [5.74, 6) is 4.79. The number of benzene rings is 1. The molecule has 0 radical (unpaired) electrons. The Balaban J connectivity index is 1.53. The summed E-state index contributed by atoms with van der Waals surface area (Å²) in [6, 6.07) is 0. The number of nitrogens with zero attached hydrogens (tertiary/aromatic N) is 1. The van der Waals surface area contributed by atoms with E-state index in [0.29, 0.717) is 48.4 Å². The van der Waals surface area contributed by atoms with E-state index < -0.39 is 5.97 Å². The van der Waals surface area contributed by atoms with Gasteiger partial charge in [-0.2, -0.15) is 5.90 Å². The normalized spacial score (nSPS) is 16.7. The summed E-state index contributed by atoms with van der Waals surface area (Å²) in [6.07, 6.45) is 2.98. The first-order chi connectivity index (χ1) is 14.9. The lowest BCUT2D eigenvalue weighted by Gasteiger charge is -2.26. The summed E-state index contributed by atoms with van der Waals surface area (Å²) in [7, 11) is 0. The zero-order valence-corrected chi connectivity index (χ0v) is 18.1. The van der Waals surface area contributed by atoms with Crippen LogP contribution in [0.25, 0.3) is 0 Å². The van der Waals surface area contributed by atoms with Crippen LogP contribution in [0.4, 0.5) is 0 Å². The van der Waals surface area contributed by atoms with E-state index in [-0.39, 0.29) is 30.3 Å². The number of nitrogens with two attached hydrogens (primary N) is 1. The number of hydrogen-bond donors (Lipinski definition) is 2. The van der Waals surface area contributed by atoms with E-state index in [9.17, 15) is 14.7 Å². The van der Waals surface area contributed by atoms with Gasteiger partial charge in [-0.25, -0.2) is 4.79 Å². The standard InChI is InChI=1S/C22H30N2O7/c1-14(4-6-18(25)29-12-9-24-7-10-28-11-8-24)3-5-16-20(26)19-17(13-30-22(19)27)15(2)21(16)31-23/h3,26H,4-13,23H2,1-2H3/b14-3+. The molecule has 0 aromatic heterocycles. The zero-order valence-electron chi connectivity index (χ0n) is 18.1. The van der Waals surface area contributed by atoms with Gasteiger partial charge in [0.25, 0.3) is 0 Å². The highest BCUT2D eigenvalue weighted by Gasteiger charge is 2.32. The number of morpholine rings is 1. The molecule has 9 nitrogen and oxygen atoms in total. The highest BCUT2D eigenvalue weighted by atomic mass is 16.6. The maximum atomic E-state index is 12.0. The van der Waals surface area contributed by atoms with Crippen LogP contribution >= 0.6 is 0 Å². The molecule has 170 valence electrons. The number of phenolic OH excluding ortho intramolecular Hbond substituents is 1. The predicted molar refractivity (Wildman–Crippen MR) is 112 cm³/mol. The number of cyclic esters (lactones) is 1. The van der Waals surface area contributed by atoms with Gasteiger partial charge in [-0.05, 0) is 26.7 Å². The van der Waals surface area contributed by atoms with Gasteiger partial charge in [0.1, 0.15) is 24.5 Å². The molecule has 0 aliphatic carbocycles. The molecule has 31 heavy (non-hydrogen) atoms. The van der Waals surface area contributed by atoms with Crippen LogP contribution in [0.2, 0.25) is 0 Å². The smallest absolute Gasteiger partial charge is 0.342 e. The lowest BCUT2D eigenvalue weighted by atomic mass is 9.95. The summed E-state index contributed by atoms with van der Waals surface area (Å²) < 4.78 is 15.6. The Morgan fingerprint density at radius 1 is 1.29 bits per heavy atom. The summed E-state index contributed by atoms with van der Waals surface area (Å²) in [5, 5.41) is 10.6. The minimum atomic E-state index is -0.555. The number of esters is 2.